The number of hydrogen-bond donors (Lipinski definition) is 0. The first-order valence-corrected chi connectivity index (χ1v) is 8.35. The molecular weight excluding hydrogens is 344 g/mol. The lowest BCUT2D eigenvalue weighted by Gasteiger charge is -2.33. The van der Waals surface area contributed by atoms with Gasteiger partial charge in [-0.25, -0.2) is 4.98 Å². The number of aromatic nitrogens is 2. The van der Waals surface area contributed by atoms with E-state index in [9.17, 15) is 4.79 Å². The molecule has 0 amide bonds. The van der Waals surface area contributed by atoms with Crippen molar-refractivity contribution in [1.29, 1.82) is 0 Å². The molecule has 6 heteroatoms. The third-order valence-electron chi connectivity index (χ3n) is 4.44. The third-order valence-corrected chi connectivity index (χ3v) is 5.67. The van der Waals surface area contributed by atoms with Crippen molar-refractivity contribution < 1.29 is 4.74 Å². The van der Waals surface area contributed by atoms with Gasteiger partial charge in [-0.3, -0.25) is 9.36 Å². The highest BCUT2D eigenvalue weighted by molar-refractivity contribution is 9.10. The Bertz CT molecular complexity index is 555. The van der Waals surface area contributed by atoms with E-state index in [1.54, 1.807) is 4.57 Å². The predicted molar refractivity (Wildman–Crippen MR) is 81.1 cm³/mol. The summed E-state index contributed by atoms with van der Waals surface area (Å²) in [6.45, 7) is 0.559. The molecule has 0 N–H and O–H groups in total. The van der Waals surface area contributed by atoms with Crippen LogP contribution in [0.5, 0.6) is 0 Å². The zero-order valence-corrected chi connectivity index (χ0v) is 13.6. The Labute approximate surface area is 131 Å². The molecule has 1 atom stereocenters. The summed E-state index contributed by atoms with van der Waals surface area (Å²) in [6.07, 6.45) is 9.94. The topological polar surface area (TPSA) is 44.1 Å². The summed E-state index contributed by atoms with van der Waals surface area (Å²) in [6, 6.07) is 0. The monoisotopic (exact) mass is 360 g/mol. The maximum atomic E-state index is 12.1. The Hall–Kier alpha value is -0.390. The van der Waals surface area contributed by atoms with Crippen molar-refractivity contribution in [3.63, 3.8) is 0 Å². The molecule has 0 radical (unpaired) electrons. The molecule has 1 aliphatic heterocycles. The fraction of sp³-hybridized carbons (Fsp3) is 0.714. The van der Waals surface area contributed by atoms with E-state index in [-0.39, 0.29) is 22.4 Å². The minimum Gasteiger partial charge on any atom is -0.370 e. The van der Waals surface area contributed by atoms with Crippen LogP contribution in [-0.4, -0.2) is 21.3 Å². The standard InChI is InChI=1S/C14H18BrClN2O2/c15-11-12(16)17-9-18(13(11)19)8-10-4-7-14(20-10)5-2-1-3-6-14/h9-10H,1-8H2. The van der Waals surface area contributed by atoms with Crippen LogP contribution in [0.2, 0.25) is 5.15 Å². The number of nitrogens with zero attached hydrogens (tertiary/aromatic N) is 2. The molecular formula is C14H18BrClN2O2. The Kier molecular flexibility index (Phi) is 4.20. The molecule has 1 spiro atoms. The summed E-state index contributed by atoms with van der Waals surface area (Å²) < 4.78 is 8.19. The summed E-state index contributed by atoms with van der Waals surface area (Å²) in [7, 11) is 0. The van der Waals surface area contributed by atoms with Crippen molar-refractivity contribution in [3.8, 4) is 0 Å². The molecule has 1 unspecified atom stereocenters. The van der Waals surface area contributed by atoms with E-state index in [0.717, 1.165) is 12.8 Å². The van der Waals surface area contributed by atoms with Crippen LogP contribution >= 0.6 is 27.5 Å². The summed E-state index contributed by atoms with van der Waals surface area (Å²) >= 11 is 9.00. The molecule has 2 fully saturated rings. The van der Waals surface area contributed by atoms with Gasteiger partial charge in [0.1, 0.15) is 4.47 Å². The number of ether oxygens (including phenoxy) is 1. The van der Waals surface area contributed by atoms with Crippen LogP contribution in [-0.2, 0) is 11.3 Å². The zero-order valence-electron chi connectivity index (χ0n) is 11.3. The highest BCUT2D eigenvalue weighted by atomic mass is 79.9. The summed E-state index contributed by atoms with van der Waals surface area (Å²) in [4.78, 5) is 16.1. The van der Waals surface area contributed by atoms with Crippen LogP contribution in [0, 0.1) is 0 Å². The van der Waals surface area contributed by atoms with Crippen molar-refractivity contribution in [2.45, 2.75) is 63.2 Å². The minimum absolute atomic E-state index is 0.0869. The van der Waals surface area contributed by atoms with Crippen LogP contribution in [0.15, 0.2) is 15.6 Å². The van der Waals surface area contributed by atoms with Crippen molar-refractivity contribution in [2.24, 2.45) is 0 Å². The van der Waals surface area contributed by atoms with E-state index in [0.29, 0.717) is 11.0 Å². The largest absolute Gasteiger partial charge is 0.370 e. The first kappa shape index (κ1) is 14.5. The van der Waals surface area contributed by atoms with Crippen molar-refractivity contribution >= 4 is 27.5 Å². The first-order valence-electron chi connectivity index (χ1n) is 7.18. The van der Waals surface area contributed by atoms with Gasteiger partial charge >= 0.3 is 0 Å². The van der Waals surface area contributed by atoms with Gasteiger partial charge in [-0.15, -0.1) is 0 Å². The first-order chi connectivity index (χ1) is 9.60. The van der Waals surface area contributed by atoms with Crippen LogP contribution in [0.25, 0.3) is 0 Å². The molecule has 1 saturated heterocycles. The van der Waals surface area contributed by atoms with Gasteiger partial charge in [-0.05, 0) is 41.6 Å². The Morgan fingerprint density at radius 1 is 1.40 bits per heavy atom. The highest BCUT2D eigenvalue weighted by Crippen LogP contribution is 2.42. The third kappa shape index (κ3) is 2.81. The van der Waals surface area contributed by atoms with Gasteiger partial charge in [0.25, 0.3) is 5.56 Å². The summed E-state index contributed by atoms with van der Waals surface area (Å²) in [5, 5.41) is 0.211. The SMILES string of the molecule is O=c1c(Br)c(Cl)ncn1CC1CCC2(CCCCC2)O1. The van der Waals surface area contributed by atoms with Gasteiger partial charge in [0.2, 0.25) is 0 Å². The molecule has 1 saturated carbocycles. The van der Waals surface area contributed by atoms with E-state index in [2.05, 4.69) is 20.9 Å². The molecule has 2 heterocycles. The van der Waals surface area contributed by atoms with E-state index < -0.39 is 0 Å². The van der Waals surface area contributed by atoms with Gasteiger partial charge in [0.15, 0.2) is 5.15 Å². The van der Waals surface area contributed by atoms with Crippen LogP contribution in [0.1, 0.15) is 44.9 Å². The number of rotatable bonds is 2. The average molecular weight is 362 g/mol. The smallest absolute Gasteiger partial charge is 0.269 e. The fourth-order valence-electron chi connectivity index (χ4n) is 3.38. The van der Waals surface area contributed by atoms with E-state index >= 15 is 0 Å². The van der Waals surface area contributed by atoms with Gasteiger partial charge in [-0.2, -0.15) is 0 Å². The number of hydrogen-bond acceptors (Lipinski definition) is 3. The lowest BCUT2D eigenvalue weighted by molar-refractivity contribution is -0.0683. The maximum absolute atomic E-state index is 12.1. The second kappa shape index (κ2) is 5.78. The van der Waals surface area contributed by atoms with E-state index in [1.165, 1.54) is 38.4 Å². The zero-order chi connectivity index (χ0) is 14.2. The van der Waals surface area contributed by atoms with Crippen molar-refractivity contribution in [2.75, 3.05) is 0 Å². The summed E-state index contributed by atoms with van der Waals surface area (Å²) in [5.41, 5.74) is -0.0536. The molecule has 1 aromatic rings. The maximum Gasteiger partial charge on any atom is 0.269 e. The molecule has 1 aliphatic carbocycles. The Balaban J connectivity index is 1.71. The van der Waals surface area contributed by atoms with Crippen LogP contribution in [0.4, 0.5) is 0 Å². The van der Waals surface area contributed by atoms with Crippen molar-refractivity contribution in [3.05, 3.63) is 26.3 Å². The molecule has 0 aromatic carbocycles. The lowest BCUT2D eigenvalue weighted by atomic mass is 9.83. The van der Waals surface area contributed by atoms with E-state index in [1.807, 2.05) is 0 Å². The Morgan fingerprint density at radius 2 is 2.15 bits per heavy atom. The second-order valence-corrected chi connectivity index (χ2v) is 6.98. The van der Waals surface area contributed by atoms with Crippen LogP contribution < -0.4 is 5.56 Å². The lowest BCUT2D eigenvalue weighted by Crippen LogP contribution is -2.34. The van der Waals surface area contributed by atoms with Crippen molar-refractivity contribution in [1.82, 2.24) is 9.55 Å². The van der Waals surface area contributed by atoms with Gasteiger partial charge < -0.3 is 4.74 Å². The van der Waals surface area contributed by atoms with Crippen LogP contribution in [0.3, 0.4) is 0 Å². The molecule has 1 aromatic heterocycles. The van der Waals surface area contributed by atoms with Gasteiger partial charge in [0, 0.05) is 0 Å². The minimum atomic E-state index is -0.141. The number of halogens is 2. The average Bonchev–Trinajstić information content (AvgIpc) is 2.83. The van der Waals surface area contributed by atoms with Gasteiger partial charge in [-0.1, -0.05) is 30.9 Å². The predicted octanol–water partition coefficient (Wildman–Crippen LogP) is 3.54. The fourth-order valence-corrected chi connectivity index (χ4v) is 3.84. The normalized spacial score (nSPS) is 25.2. The molecule has 0 bridgehead atoms. The highest BCUT2D eigenvalue weighted by Gasteiger charge is 2.40. The van der Waals surface area contributed by atoms with Gasteiger partial charge in [0.05, 0.1) is 24.6 Å². The molecule has 2 aliphatic rings. The summed E-state index contributed by atoms with van der Waals surface area (Å²) in [5.74, 6) is 0. The quantitative estimate of drug-likeness (QED) is 0.757. The molecule has 20 heavy (non-hydrogen) atoms. The molecule has 3 rings (SSSR count). The molecule has 4 nitrogen and oxygen atoms in total. The molecule has 110 valence electrons. The Morgan fingerprint density at radius 3 is 2.90 bits per heavy atom. The van der Waals surface area contributed by atoms with E-state index in [4.69, 9.17) is 16.3 Å². The second-order valence-electron chi connectivity index (χ2n) is 5.83.